The van der Waals surface area contributed by atoms with Crippen LogP contribution in [0.5, 0.6) is 0 Å². The molecular weight excluding hydrogens is 228 g/mol. The van der Waals surface area contributed by atoms with Crippen LogP contribution in [0.25, 0.3) is 0 Å². The fourth-order valence-corrected chi connectivity index (χ4v) is 1.71. The number of primary amides is 1. The molecule has 0 aliphatic heterocycles. The quantitative estimate of drug-likeness (QED) is 0.528. The van der Waals surface area contributed by atoms with Crippen molar-refractivity contribution in [3.63, 3.8) is 0 Å². The number of rotatable bonds is 12. The Balaban J connectivity index is 3.73. The Kier molecular flexibility index (Phi) is 9.98. The van der Waals surface area contributed by atoms with Crippen molar-refractivity contribution in [1.29, 1.82) is 0 Å². The van der Waals surface area contributed by atoms with Gasteiger partial charge >= 0.3 is 0 Å². The molecule has 4 nitrogen and oxygen atoms in total. The van der Waals surface area contributed by atoms with E-state index in [1.165, 1.54) is 19.3 Å². The van der Waals surface area contributed by atoms with Crippen molar-refractivity contribution in [2.24, 2.45) is 5.73 Å². The summed E-state index contributed by atoms with van der Waals surface area (Å²) in [4.78, 5) is 11.4. The molecule has 3 N–H and O–H groups in total. The van der Waals surface area contributed by atoms with Gasteiger partial charge in [0.05, 0.1) is 5.54 Å². The van der Waals surface area contributed by atoms with Crippen LogP contribution in [0.4, 0.5) is 0 Å². The lowest BCUT2D eigenvalue weighted by molar-refractivity contribution is -0.124. The Labute approximate surface area is 112 Å². The maximum Gasteiger partial charge on any atom is 0.237 e. The highest BCUT2D eigenvalue weighted by Crippen LogP contribution is 2.09. The zero-order chi connectivity index (χ0) is 13.9. The molecule has 0 aliphatic rings. The smallest absolute Gasteiger partial charge is 0.237 e. The number of hydrogen-bond acceptors (Lipinski definition) is 3. The van der Waals surface area contributed by atoms with Crippen LogP contribution in [-0.2, 0) is 9.53 Å². The van der Waals surface area contributed by atoms with Gasteiger partial charge in [0.15, 0.2) is 0 Å². The Morgan fingerprint density at radius 1 is 1.17 bits per heavy atom. The minimum absolute atomic E-state index is 0.300. The van der Waals surface area contributed by atoms with Gasteiger partial charge in [-0.3, -0.25) is 4.79 Å². The monoisotopic (exact) mass is 258 g/mol. The first kappa shape index (κ1) is 17.4. The molecule has 0 spiro atoms. The lowest BCUT2D eigenvalue weighted by Gasteiger charge is -2.27. The van der Waals surface area contributed by atoms with E-state index in [9.17, 15) is 4.79 Å². The summed E-state index contributed by atoms with van der Waals surface area (Å²) in [7, 11) is 0. The van der Waals surface area contributed by atoms with Crippen LogP contribution in [0, 0.1) is 0 Å². The number of carbonyl (C=O) groups excluding carboxylic acids is 1. The molecule has 108 valence electrons. The molecule has 0 heterocycles. The third-order valence-electron chi connectivity index (χ3n) is 3.20. The van der Waals surface area contributed by atoms with Gasteiger partial charge in [0.1, 0.15) is 0 Å². The third-order valence-corrected chi connectivity index (χ3v) is 3.20. The van der Waals surface area contributed by atoms with Crippen molar-refractivity contribution in [3.8, 4) is 0 Å². The highest BCUT2D eigenvalue weighted by molar-refractivity contribution is 5.84. The Hall–Kier alpha value is -0.610. The van der Waals surface area contributed by atoms with Crippen molar-refractivity contribution >= 4 is 5.91 Å². The lowest BCUT2D eigenvalue weighted by Crippen LogP contribution is -2.54. The predicted molar refractivity (Wildman–Crippen MR) is 75.5 cm³/mol. The van der Waals surface area contributed by atoms with Crippen molar-refractivity contribution in [2.75, 3.05) is 19.8 Å². The summed E-state index contributed by atoms with van der Waals surface area (Å²) in [5.74, 6) is -0.300. The number of amides is 1. The molecule has 1 unspecified atom stereocenters. The number of carbonyl (C=O) groups is 1. The van der Waals surface area contributed by atoms with Crippen molar-refractivity contribution < 1.29 is 9.53 Å². The first-order valence-electron chi connectivity index (χ1n) is 7.19. The second-order valence-corrected chi connectivity index (χ2v) is 5.05. The van der Waals surface area contributed by atoms with Gasteiger partial charge in [-0.1, -0.05) is 33.1 Å². The van der Waals surface area contributed by atoms with Crippen molar-refractivity contribution in [1.82, 2.24) is 5.32 Å². The standard InChI is InChI=1S/C14H30N2O2/c1-4-6-7-8-11-18-12-9-14(3,13(15)17)16-10-5-2/h16H,4-12H2,1-3H3,(H2,15,17). The maximum atomic E-state index is 11.4. The first-order chi connectivity index (χ1) is 8.56. The number of nitrogens with two attached hydrogens (primary N) is 1. The van der Waals surface area contributed by atoms with Crippen molar-refractivity contribution in [2.45, 2.75) is 64.8 Å². The predicted octanol–water partition coefficient (Wildman–Crippen LogP) is 2.22. The molecule has 0 bridgehead atoms. The average Bonchev–Trinajstić information content (AvgIpc) is 2.35. The molecular formula is C14H30N2O2. The number of ether oxygens (including phenoxy) is 1. The number of nitrogens with one attached hydrogen (secondary N) is 1. The number of hydrogen-bond donors (Lipinski definition) is 2. The van der Waals surface area contributed by atoms with Crippen LogP contribution in [0.2, 0.25) is 0 Å². The van der Waals surface area contributed by atoms with E-state index in [1.54, 1.807) is 0 Å². The van der Waals surface area contributed by atoms with Gasteiger partial charge < -0.3 is 15.8 Å². The summed E-state index contributed by atoms with van der Waals surface area (Å²) in [6.07, 6.45) is 6.44. The summed E-state index contributed by atoms with van der Waals surface area (Å²) in [6.45, 7) is 8.28. The van der Waals surface area contributed by atoms with Gasteiger partial charge in [-0.25, -0.2) is 0 Å². The SMILES string of the molecule is CCCCCCOCCC(C)(NCCC)C(N)=O. The largest absolute Gasteiger partial charge is 0.381 e. The molecule has 0 aromatic carbocycles. The molecule has 18 heavy (non-hydrogen) atoms. The fourth-order valence-electron chi connectivity index (χ4n) is 1.71. The van der Waals surface area contributed by atoms with Crippen LogP contribution >= 0.6 is 0 Å². The van der Waals surface area contributed by atoms with E-state index in [-0.39, 0.29) is 5.91 Å². The van der Waals surface area contributed by atoms with Gasteiger partial charge in [0.2, 0.25) is 5.91 Å². The van der Waals surface area contributed by atoms with E-state index in [1.807, 2.05) is 6.92 Å². The van der Waals surface area contributed by atoms with Gasteiger partial charge in [0, 0.05) is 13.2 Å². The molecule has 0 saturated heterocycles. The van der Waals surface area contributed by atoms with Gasteiger partial charge in [-0.05, 0) is 32.7 Å². The minimum Gasteiger partial charge on any atom is -0.381 e. The summed E-state index contributed by atoms with van der Waals surface area (Å²) < 4.78 is 5.56. The fraction of sp³-hybridized carbons (Fsp3) is 0.929. The highest BCUT2D eigenvalue weighted by Gasteiger charge is 2.29. The molecule has 0 saturated carbocycles. The molecule has 0 rings (SSSR count). The van der Waals surface area contributed by atoms with Crippen LogP contribution in [0.15, 0.2) is 0 Å². The van der Waals surface area contributed by atoms with E-state index in [0.717, 1.165) is 26.0 Å². The molecule has 0 aliphatic carbocycles. The molecule has 0 radical (unpaired) electrons. The Morgan fingerprint density at radius 2 is 1.89 bits per heavy atom. The second-order valence-electron chi connectivity index (χ2n) is 5.05. The molecule has 4 heteroatoms. The molecule has 0 fully saturated rings. The van der Waals surface area contributed by atoms with E-state index >= 15 is 0 Å². The normalized spacial score (nSPS) is 14.4. The molecule has 0 aromatic rings. The second kappa shape index (κ2) is 10.3. The first-order valence-corrected chi connectivity index (χ1v) is 7.19. The zero-order valence-corrected chi connectivity index (χ0v) is 12.3. The van der Waals surface area contributed by atoms with E-state index in [4.69, 9.17) is 10.5 Å². The minimum atomic E-state index is -0.639. The zero-order valence-electron chi connectivity index (χ0n) is 12.3. The molecule has 1 atom stereocenters. The molecule has 0 aromatic heterocycles. The Morgan fingerprint density at radius 3 is 2.44 bits per heavy atom. The lowest BCUT2D eigenvalue weighted by atomic mass is 9.97. The Bertz CT molecular complexity index is 222. The summed E-state index contributed by atoms with van der Waals surface area (Å²) >= 11 is 0. The van der Waals surface area contributed by atoms with E-state index in [2.05, 4.69) is 19.2 Å². The third kappa shape index (κ3) is 7.67. The van der Waals surface area contributed by atoms with Crippen LogP contribution in [0.1, 0.15) is 59.3 Å². The van der Waals surface area contributed by atoms with Crippen LogP contribution in [-0.4, -0.2) is 31.2 Å². The van der Waals surface area contributed by atoms with E-state index in [0.29, 0.717) is 13.0 Å². The summed E-state index contributed by atoms with van der Waals surface area (Å²) in [5, 5.41) is 3.20. The van der Waals surface area contributed by atoms with Crippen LogP contribution < -0.4 is 11.1 Å². The maximum absolute atomic E-state index is 11.4. The van der Waals surface area contributed by atoms with Gasteiger partial charge in [-0.15, -0.1) is 0 Å². The topological polar surface area (TPSA) is 64.3 Å². The summed E-state index contributed by atoms with van der Waals surface area (Å²) in [5.41, 5.74) is 4.80. The average molecular weight is 258 g/mol. The van der Waals surface area contributed by atoms with Gasteiger partial charge in [0.25, 0.3) is 0 Å². The van der Waals surface area contributed by atoms with Crippen molar-refractivity contribution in [3.05, 3.63) is 0 Å². The number of unbranched alkanes of at least 4 members (excludes halogenated alkanes) is 3. The van der Waals surface area contributed by atoms with E-state index < -0.39 is 5.54 Å². The summed E-state index contributed by atoms with van der Waals surface area (Å²) in [6, 6.07) is 0. The molecule has 1 amide bonds. The van der Waals surface area contributed by atoms with Crippen LogP contribution in [0.3, 0.4) is 0 Å². The van der Waals surface area contributed by atoms with Gasteiger partial charge in [-0.2, -0.15) is 0 Å². The highest BCUT2D eigenvalue weighted by atomic mass is 16.5.